The van der Waals surface area contributed by atoms with Gasteiger partial charge in [0, 0.05) is 12.1 Å². The normalized spacial score (nSPS) is 19.3. The first-order chi connectivity index (χ1) is 9.09. The maximum atomic E-state index is 8.93. The van der Waals surface area contributed by atoms with Crippen LogP contribution < -0.4 is 31.9 Å². The molecule has 4 N–H and O–H groups in total. The second-order valence-corrected chi connectivity index (χ2v) is 3.76. The predicted octanol–water partition coefficient (Wildman–Crippen LogP) is -6.82. The molecule has 0 radical (unpaired) electrons. The topological polar surface area (TPSA) is 213 Å². The summed E-state index contributed by atoms with van der Waals surface area (Å²) in [5.74, 6) is -8.74. The molecular weight excluding hydrogens is 471 g/mol. The van der Waals surface area contributed by atoms with E-state index < -0.39 is 23.9 Å². The Bertz CT molecular complexity index is 305. The molecule has 0 saturated heterocycles. The summed E-state index contributed by atoms with van der Waals surface area (Å²) < 4.78 is 0. The van der Waals surface area contributed by atoms with Gasteiger partial charge in [-0.25, -0.2) is 0 Å². The molecule has 0 heterocycles. The third kappa shape index (κ3) is 16.4. The number of carboxylic acids is 4. The summed E-state index contributed by atoms with van der Waals surface area (Å²) in [6.07, 6.45) is 4.80. The number of carbonyl (C=O) groups excluding carboxylic acids is 4. The summed E-state index contributed by atoms with van der Waals surface area (Å²) in [6.45, 7) is 0. The first-order valence-corrected chi connectivity index (χ1v) is 5.45. The Kier molecular flexibility index (Phi) is 15.7. The van der Waals surface area contributed by atoms with E-state index in [0.717, 1.165) is 12.8 Å². The van der Waals surface area contributed by atoms with E-state index in [9.17, 15) is 0 Å². The molecule has 122 valence electrons. The van der Waals surface area contributed by atoms with Crippen molar-refractivity contribution in [3.05, 3.63) is 0 Å². The van der Waals surface area contributed by atoms with Gasteiger partial charge in [-0.05, 0) is 12.8 Å². The fourth-order valence-corrected chi connectivity index (χ4v) is 1.19. The summed E-state index contributed by atoms with van der Waals surface area (Å²) in [4.78, 5) is 35.7. The van der Waals surface area contributed by atoms with Crippen LogP contribution in [0.5, 0.6) is 0 Å². The van der Waals surface area contributed by atoms with Crippen molar-refractivity contribution < 1.29 is 60.7 Å². The number of aliphatic carboxylic acids is 4. The van der Waals surface area contributed by atoms with Gasteiger partial charge in [0.15, 0.2) is 0 Å². The number of rotatable bonds is 0. The minimum Gasteiger partial charge on any atom is -0.543 e. The molecule has 0 aliphatic heterocycles. The van der Waals surface area contributed by atoms with Crippen molar-refractivity contribution in [2.75, 3.05) is 0 Å². The summed E-state index contributed by atoms with van der Waals surface area (Å²) in [5.41, 5.74) is 11.3. The van der Waals surface area contributed by atoms with E-state index in [2.05, 4.69) is 0 Å². The Morgan fingerprint density at radius 3 is 0.952 bits per heavy atom. The van der Waals surface area contributed by atoms with Gasteiger partial charge in [0.1, 0.15) is 0 Å². The van der Waals surface area contributed by atoms with Crippen LogP contribution in [0.25, 0.3) is 0 Å². The minimum absolute atomic E-state index is 0. The molecule has 0 aromatic heterocycles. The fraction of sp³-hybridized carbons (Fsp3) is 0.600. The Labute approximate surface area is 134 Å². The smallest absolute Gasteiger partial charge is 0.543 e. The zero-order valence-electron chi connectivity index (χ0n) is 10.7. The Balaban J connectivity index is -0.000000231. The molecule has 0 aromatic rings. The Hall–Kier alpha value is -1.51. The van der Waals surface area contributed by atoms with Crippen molar-refractivity contribution in [1.29, 1.82) is 0 Å². The zero-order valence-corrected chi connectivity index (χ0v) is 13.0. The van der Waals surface area contributed by atoms with Crippen LogP contribution in [0.2, 0.25) is 0 Å². The van der Waals surface area contributed by atoms with Gasteiger partial charge in [0.25, 0.3) is 0 Å². The SMILES string of the molecule is NC1CCCCC1N.O=C([O-])C(=O)[O-].O=C([O-])C(=O)[O-].[Pt+4]. The molecule has 1 aliphatic carbocycles. The van der Waals surface area contributed by atoms with Gasteiger partial charge in [-0.3, -0.25) is 0 Å². The first-order valence-electron chi connectivity index (χ1n) is 5.45. The van der Waals surface area contributed by atoms with E-state index in [1.165, 1.54) is 12.8 Å². The van der Waals surface area contributed by atoms with Crippen molar-refractivity contribution in [3.63, 3.8) is 0 Å². The van der Waals surface area contributed by atoms with Crippen molar-refractivity contribution in [2.24, 2.45) is 11.5 Å². The Morgan fingerprint density at radius 1 is 0.667 bits per heavy atom. The molecule has 0 bridgehead atoms. The molecule has 2 atom stereocenters. The van der Waals surface area contributed by atoms with Crippen LogP contribution in [0, 0.1) is 0 Å². The second-order valence-electron chi connectivity index (χ2n) is 3.76. The van der Waals surface area contributed by atoms with Crippen LogP contribution in [-0.2, 0) is 40.2 Å². The molecule has 0 aromatic carbocycles. The largest absolute Gasteiger partial charge is 4.00 e. The molecule has 11 heteroatoms. The van der Waals surface area contributed by atoms with Crippen LogP contribution in [0.1, 0.15) is 25.7 Å². The maximum Gasteiger partial charge on any atom is 4.00 e. The Morgan fingerprint density at radius 2 is 0.857 bits per heavy atom. The number of carboxylic acid groups (broad SMARTS) is 4. The molecular formula is C10H14N2O8Pt. The van der Waals surface area contributed by atoms with Gasteiger partial charge in [-0.1, -0.05) is 12.8 Å². The van der Waals surface area contributed by atoms with Gasteiger partial charge >= 0.3 is 21.1 Å². The molecule has 1 aliphatic rings. The van der Waals surface area contributed by atoms with Crippen LogP contribution in [0.15, 0.2) is 0 Å². The van der Waals surface area contributed by atoms with E-state index in [1.807, 2.05) is 0 Å². The average Bonchev–Trinajstić information content (AvgIpc) is 2.34. The van der Waals surface area contributed by atoms with E-state index in [-0.39, 0.29) is 33.1 Å². The van der Waals surface area contributed by atoms with Crippen molar-refractivity contribution >= 4 is 23.9 Å². The molecule has 1 saturated carbocycles. The van der Waals surface area contributed by atoms with Gasteiger partial charge in [0.05, 0.1) is 23.9 Å². The van der Waals surface area contributed by atoms with Gasteiger partial charge in [-0.15, -0.1) is 0 Å². The van der Waals surface area contributed by atoms with Gasteiger partial charge < -0.3 is 51.1 Å². The van der Waals surface area contributed by atoms with E-state index in [1.54, 1.807) is 0 Å². The third-order valence-electron chi connectivity index (χ3n) is 2.21. The summed E-state index contributed by atoms with van der Waals surface area (Å²) in [7, 11) is 0. The average molecular weight is 485 g/mol. The summed E-state index contributed by atoms with van der Waals surface area (Å²) in [6, 6.07) is 0.562. The standard InChI is InChI=1S/C6H14N2.2C2H2O4.Pt/c7-5-3-1-2-4-6(5)8;2*3-1(4)2(5)6;/h5-6H,1-4,7-8H2;2*(H,3,4)(H,5,6);/q;;;+4/p-4. The first kappa shape index (κ1) is 24.5. The fourth-order valence-electron chi connectivity index (χ4n) is 1.19. The van der Waals surface area contributed by atoms with Crippen molar-refractivity contribution in [3.8, 4) is 0 Å². The van der Waals surface area contributed by atoms with Crippen molar-refractivity contribution in [1.82, 2.24) is 0 Å². The summed E-state index contributed by atoms with van der Waals surface area (Å²) in [5, 5.41) is 35.7. The number of hydrogen-bond donors (Lipinski definition) is 2. The summed E-state index contributed by atoms with van der Waals surface area (Å²) >= 11 is 0. The number of nitrogens with two attached hydrogens (primary N) is 2. The van der Waals surface area contributed by atoms with Gasteiger partial charge in [-0.2, -0.15) is 0 Å². The quantitative estimate of drug-likeness (QED) is 0.309. The third-order valence-corrected chi connectivity index (χ3v) is 2.21. The maximum absolute atomic E-state index is 8.93. The van der Waals surface area contributed by atoms with Crippen molar-refractivity contribution in [2.45, 2.75) is 37.8 Å². The number of carbonyl (C=O) groups is 4. The molecule has 10 nitrogen and oxygen atoms in total. The second kappa shape index (κ2) is 13.5. The molecule has 0 amide bonds. The van der Waals surface area contributed by atoms with Gasteiger partial charge in [0.2, 0.25) is 0 Å². The minimum atomic E-state index is -2.19. The molecule has 0 spiro atoms. The monoisotopic (exact) mass is 485 g/mol. The predicted molar refractivity (Wildman–Crippen MR) is 54.4 cm³/mol. The molecule has 21 heavy (non-hydrogen) atoms. The van der Waals surface area contributed by atoms with Crippen LogP contribution in [0.3, 0.4) is 0 Å². The van der Waals surface area contributed by atoms with Crippen LogP contribution in [-0.4, -0.2) is 36.0 Å². The van der Waals surface area contributed by atoms with Crippen LogP contribution in [0.4, 0.5) is 0 Å². The molecule has 2 unspecified atom stereocenters. The molecule has 1 rings (SSSR count). The zero-order chi connectivity index (χ0) is 16.3. The van der Waals surface area contributed by atoms with E-state index in [4.69, 9.17) is 51.1 Å². The number of hydrogen-bond acceptors (Lipinski definition) is 10. The van der Waals surface area contributed by atoms with Crippen LogP contribution >= 0.6 is 0 Å². The van der Waals surface area contributed by atoms with E-state index in [0.29, 0.717) is 0 Å². The molecule has 1 fully saturated rings. The van der Waals surface area contributed by atoms with E-state index >= 15 is 0 Å².